The first kappa shape index (κ1) is 7.03. The van der Waals surface area contributed by atoms with Crippen molar-refractivity contribution in [2.75, 3.05) is 0 Å². The van der Waals surface area contributed by atoms with Gasteiger partial charge < -0.3 is 4.98 Å². The highest BCUT2D eigenvalue weighted by Gasteiger charge is 2.24. The SMILES string of the molecule is CC1=CC(=O)C(=O)c2cc[nH]c21. The number of aromatic amines is 1. The van der Waals surface area contributed by atoms with E-state index < -0.39 is 11.6 Å². The van der Waals surface area contributed by atoms with Gasteiger partial charge in [-0.3, -0.25) is 9.59 Å². The Morgan fingerprint density at radius 2 is 2.08 bits per heavy atom. The van der Waals surface area contributed by atoms with Crippen LogP contribution in [0.15, 0.2) is 18.3 Å². The molecule has 0 fully saturated rings. The molecule has 1 aromatic rings. The zero-order chi connectivity index (χ0) is 8.72. The van der Waals surface area contributed by atoms with E-state index in [1.54, 1.807) is 19.2 Å². The predicted molar refractivity (Wildman–Crippen MR) is 43.8 cm³/mol. The van der Waals surface area contributed by atoms with Crippen LogP contribution in [-0.4, -0.2) is 16.6 Å². The summed E-state index contributed by atoms with van der Waals surface area (Å²) in [6.45, 7) is 1.81. The fraction of sp³-hybridized carbons (Fsp3) is 0.111. The van der Waals surface area contributed by atoms with Gasteiger partial charge in [0.15, 0.2) is 0 Å². The zero-order valence-electron chi connectivity index (χ0n) is 6.55. The number of H-pyrrole nitrogens is 1. The number of hydrogen-bond acceptors (Lipinski definition) is 2. The highest BCUT2D eigenvalue weighted by Crippen LogP contribution is 2.22. The largest absolute Gasteiger partial charge is 0.361 e. The summed E-state index contributed by atoms with van der Waals surface area (Å²) >= 11 is 0. The summed E-state index contributed by atoms with van der Waals surface area (Å²) in [5.41, 5.74) is 2.07. The first-order chi connectivity index (χ1) is 5.70. The standard InChI is InChI=1S/C9H7NO2/c1-5-4-7(11)9(12)6-2-3-10-8(5)6/h2-4,10H,1H3. The summed E-state index contributed by atoms with van der Waals surface area (Å²) < 4.78 is 0. The molecule has 12 heavy (non-hydrogen) atoms. The van der Waals surface area contributed by atoms with E-state index in [9.17, 15) is 9.59 Å². The molecule has 0 atom stereocenters. The van der Waals surface area contributed by atoms with Gasteiger partial charge in [0.1, 0.15) is 0 Å². The molecular weight excluding hydrogens is 154 g/mol. The number of allylic oxidation sites excluding steroid dienone is 2. The lowest BCUT2D eigenvalue weighted by atomic mass is 9.96. The molecule has 1 aromatic heterocycles. The fourth-order valence-electron chi connectivity index (χ4n) is 1.35. The second kappa shape index (κ2) is 2.17. The molecule has 60 valence electrons. The van der Waals surface area contributed by atoms with Crippen molar-refractivity contribution in [1.29, 1.82) is 0 Å². The van der Waals surface area contributed by atoms with E-state index in [0.29, 0.717) is 5.56 Å². The molecule has 0 radical (unpaired) electrons. The Hall–Kier alpha value is -1.64. The van der Waals surface area contributed by atoms with Crippen molar-refractivity contribution < 1.29 is 9.59 Å². The zero-order valence-corrected chi connectivity index (χ0v) is 6.55. The lowest BCUT2D eigenvalue weighted by molar-refractivity contribution is -0.111. The molecule has 0 amide bonds. The maximum absolute atomic E-state index is 11.2. The van der Waals surface area contributed by atoms with Crippen LogP contribution in [0.1, 0.15) is 23.0 Å². The highest BCUT2D eigenvalue weighted by atomic mass is 16.2. The van der Waals surface area contributed by atoms with Crippen LogP contribution < -0.4 is 0 Å². The molecule has 2 rings (SSSR count). The Kier molecular flexibility index (Phi) is 1.27. The van der Waals surface area contributed by atoms with Gasteiger partial charge in [0.05, 0.1) is 11.3 Å². The van der Waals surface area contributed by atoms with Gasteiger partial charge in [0.2, 0.25) is 11.6 Å². The summed E-state index contributed by atoms with van der Waals surface area (Å²) in [7, 11) is 0. The van der Waals surface area contributed by atoms with E-state index >= 15 is 0 Å². The molecule has 0 spiro atoms. The van der Waals surface area contributed by atoms with E-state index in [4.69, 9.17) is 0 Å². The number of ketones is 2. The van der Waals surface area contributed by atoms with Crippen LogP contribution in [0.3, 0.4) is 0 Å². The summed E-state index contributed by atoms with van der Waals surface area (Å²) in [5.74, 6) is -0.851. The van der Waals surface area contributed by atoms with Crippen LogP contribution >= 0.6 is 0 Å². The average Bonchev–Trinajstić information content (AvgIpc) is 2.48. The third-order valence-electron chi connectivity index (χ3n) is 1.96. The van der Waals surface area contributed by atoms with E-state index in [2.05, 4.69) is 4.98 Å². The van der Waals surface area contributed by atoms with Crippen LogP contribution in [-0.2, 0) is 4.79 Å². The van der Waals surface area contributed by atoms with Gasteiger partial charge in [-0.2, -0.15) is 0 Å². The number of Topliss-reactive ketones (excluding diaryl/α,β-unsaturated/α-hetero) is 1. The van der Waals surface area contributed by atoms with Crippen molar-refractivity contribution in [3.63, 3.8) is 0 Å². The van der Waals surface area contributed by atoms with Crippen LogP contribution in [0.2, 0.25) is 0 Å². The lowest BCUT2D eigenvalue weighted by Crippen LogP contribution is -2.16. The molecular formula is C9H7NO2. The molecule has 3 nitrogen and oxygen atoms in total. The number of nitrogens with one attached hydrogen (secondary N) is 1. The number of rotatable bonds is 0. The van der Waals surface area contributed by atoms with Gasteiger partial charge in [0, 0.05) is 6.20 Å². The number of aromatic nitrogens is 1. The van der Waals surface area contributed by atoms with Gasteiger partial charge in [-0.05, 0) is 24.6 Å². The summed E-state index contributed by atoms with van der Waals surface area (Å²) in [4.78, 5) is 25.2. The Balaban J connectivity index is 2.70. The van der Waals surface area contributed by atoms with Crippen LogP contribution in [0.4, 0.5) is 0 Å². The topological polar surface area (TPSA) is 49.9 Å². The highest BCUT2D eigenvalue weighted by molar-refractivity contribution is 6.50. The van der Waals surface area contributed by atoms with Gasteiger partial charge in [-0.1, -0.05) is 0 Å². The van der Waals surface area contributed by atoms with Gasteiger partial charge >= 0.3 is 0 Å². The van der Waals surface area contributed by atoms with Crippen LogP contribution in [0.5, 0.6) is 0 Å². The van der Waals surface area contributed by atoms with Crippen molar-refractivity contribution in [3.8, 4) is 0 Å². The molecule has 0 unspecified atom stereocenters. The predicted octanol–water partition coefficient (Wildman–Crippen LogP) is 1.18. The number of carbonyl (C=O) groups excluding carboxylic acids is 2. The van der Waals surface area contributed by atoms with E-state index in [-0.39, 0.29) is 0 Å². The maximum atomic E-state index is 11.2. The summed E-state index contributed by atoms with van der Waals surface area (Å²) in [6, 6.07) is 1.63. The van der Waals surface area contributed by atoms with Crippen molar-refractivity contribution in [2.24, 2.45) is 0 Å². The van der Waals surface area contributed by atoms with Crippen molar-refractivity contribution in [1.82, 2.24) is 4.98 Å². The Morgan fingerprint density at radius 3 is 2.83 bits per heavy atom. The normalized spacial score (nSPS) is 15.9. The fourth-order valence-corrected chi connectivity index (χ4v) is 1.35. The third-order valence-corrected chi connectivity index (χ3v) is 1.96. The summed E-state index contributed by atoms with van der Waals surface area (Å²) in [6.07, 6.45) is 3.03. The maximum Gasteiger partial charge on any atom is 0.235 e. The van der Waals surface area contributed by atoms with Crippen LogP contribution in [0.25, 0.3) is 5.57 Å². The minimum absolute atomic E-state index is 0.420. The van der Waals surface area contributed by atoms with E-state index in [0.717, 1.165) is 11.3 Å². The van der Waals surface area contributed by atoms with Gasteiger partial charge in [-0.25, -0.2) is 0 Å². The molecule has 0 aromatic carbocycles. The van der Waals surface area contributed by atoms with E-state index in [1.807, 2.05) is 0 Å². The third kappa shape index (κ3) is 0.763. The molecule has 3 heteroatoms. The van der Waals surface area contributed by atoms with Crippen molar-refractivity contribution in [3.05, 3.63) is 29.6 Å². The molecule has 0 bridgehead atoms. The second-order valence-electron chi connectivity index (χ2n) is 2.79. The van der Waals surface area contributed by atoms with Crippen molar-refractivity contribution in [2.45, 2.75) is 6.92 Å². The molecule has 0 saturated carbocycles. The van der Waals surface area contributed by atoms with Gasteiger partial charge in [0.25, 0.3) is 0 Å². The van der Waals surface area contributed by atoms with Crippen LogP contribution in [0, 0.1) is 0 Å². The Labute approximate surface area is 69.1 Å². The molecule has 0 aliphatic heterocycles. The Morgan fingerprint density at radius 1 is 1.33 bits per heavy atom. The molecule has 1 aliphatic carbocycles. The molecule has 0 saturated heterocycles. The minimum Gasteiger partial charge on any atom is -0.361 e. The number of fused-ring (bicyclic) bond motifs is 1. The lowest BCUT2D eigenvalue weighted by Gasteiger charge is -2.06. The quantitative estimate of drug-likeness (QED) is 0.581. The second-order valence-corrected chi connectivity index (χ2v) is 2.79. The molecule has 1 aliphatic rings. The number of hydrogen-bond donors (Lipinski definition) is 1. The first-order valence-corrected chi connectivity index (χ1v) is 3.65. The van der Waals surface area contributed by atoms with E-state index in [1.165, 1.54) is 6.08 Å². The Bertz CT molecular complexity index is 398. The molecule has 1 heterocycles. The number of carbonyl (C=O) groups is 2. The molecule has 1 N–H and O–H groups in total. The minimum atomic E-state index is -0.431. The smallest absolute Gasteiger partial charge is 0.235 e. The first-order valence-electron chi connectivity index (χ1n) is 3.65. The summed E-state index contributed by atoms with van der Waals surface area (Å²) in [5, 5.41) is 0. The van der Waals surface area contributed by atoms with Crippen molar-refractivity contribution >= 4 is 17.1 Å². The average molecular weight is 161 g/mol. The van der Waals surface area contributed by atoms with Gasteiger partial charge in [-0.15, -0.1) is 0 Å². The monoisotopic (exact) mass is 161 g/mol.